The Balaban J connectivity index is 2.00. The molecule has 1 fully saturated rings. The molecule has 0 atom stereocenters. The van der Waals surface area contributed by atoms with Gasteiger partial charge in [-0.1, -0.05) is 42.2 Å². The largest absolute Gasteiger partial charge is 0.573 e. The molecule has 0 bridgehead atoms. The van der Waals surface area contributed by atoms with Gasteiger partial charge in [0, 0.05) is 24.4 Å². The van der Waals surface area contributed by atoms with Crippen molar-refractivity contribution in [1.82, 2.24) is 9.80 Å². The van der Waals surface area contributed by atoms with Crippen LogP contribution in [-0.4, -0.2) is 46.5 Å². The van der Waals surface area contributed by atoms with Crippen molar-refractivity contribution in [3.63, 3.8) is 0 Å². The molecule has 0 aromatic heterocycles. The minimum Gasteiger partial charge on any atom is -0.405 e. The average molecular weight is 336 g/mol. The number of hydrogen-bond donors (Lipinski definition) is 0. The van der Waals surface area contributed by atoms with Crippen molar-refractivity contribution in [1.29, 1.82) is 0 Å². The molecule has 1 aromatic carbocycles. The Morgan fingerprint density at radius 1 is 1.38 bits per heavy atom. The molecule has 0 unspecified atom stereocenters. The lowest BCUT2D eigenvalue weighted by Gasteiger charge is -2.25. The summed E-state index contributed by atoms with van der Waals surface area (Å²) in [7, 11) is 1.84. The summed E-state index contributed by atoms with van der Waals surface area (Å²) in [6, 6.07) is 6.18. The number of para-hydroxylation sites is 1. The number of thiocarbonyl (C=S) groups is 1. The predicted molar refractivity (Wildman–Crippen MR) is 81.2 cm³/mol. The summed E-state index contributed by atoms with van der Waals surface area (Å²) in [6.45, 7) is 1.82. The fraction of sp³-hybridized carbons (Fsp3) is 0.462. The fourth-order valence-corrected chi connectivity index (χ4v) is 3.26. The topological polar surface area (TPSA) is 15.7 Å². The van der Waals surface area contributed by atoms with Crippen molar-refractivity contribution in [2.45, 2.75) is 12.9 Å². The van der Waals surface area contributed by atoms with Crippen molar-refractivity contribution < 1.29 is 17.9 Å². The van der Waals surface area contributed by atoms with E-state index in [4.69, 9.17) is 12.2 Å². The molecule has 0 N–H and O–H groups in total. The molecule has 0 amide bonds. The van der Waals surface area contributed by atoms with Crippen LogP contribution >= 0.6 is 24.0 Å². The lowest BCUT2D eigenvalue weighted by atomic mass is 10.2. The molecule has 0 radical (unpaired) electrons. The number of alkyl halides is 3. The third-order valence-corrected chi connectivity index (χ3v) is 4.40. The molecular weight excluding hydrogens is 321 g/mol. The molecule has 116 valence electrons. The Morgan fingerprint density at radius 3 is 2.71 bits per heavy atom. The molecule has 0 aliphatic carbocycles. The van der Waals surface area contributed by atoms with Crippen LogP contribution in [-0.2, 0) is 6.54 Å². The van der Waals surface area contributed by atoms with Crippen LogP contribution in [0.15, 0.2) is 24.3 Å². The Hall–Kier alpha value is -0.990. The van der Waals surface area contributed by atoms with Gasteiger partial charge in [0.25, 0.3) is 0 Å². The van der Waals surface area contributed by atoms with Crippen molar-refractivity contribution in [2.24, 2.45) is 0 Å². The van der Waals surface area contributed by atoms with Crippen LogP contribution in [0, 0.1) is 0 Å². The zero-order valence-corrected chi connectivity index (χ0v) is 13.0. The van der Waals surface area contributed by atoms with Crippen LogP contribution in [0.25, 0.3) is 0 Å². The molecule has 1 heterocycles. The normalized spacial score (nSPS) is 15.9. The second-order valence-electron chi connectivity index (χ2n) is 4.69. The van der Waals surface area contributed by atoms with Crippen LogP contribution in [0.5, 0.6) is 5.75 Å². The van der Waals surface area contributed by atoms with Gasteiger partial charge < -0.3 is 9.64 Å². The summed E-state index contributed by atoms with van der Waals surface area (Å²) in [5, 5.41) is 0. The minimum absolute atomic E-state index is 0.157. The number of rotatable bonds is 5. The van der Waals surface area contributed by atoms with Crippen molar-refractivity contribution in [3.05, 3.63) is 29.8 Å². The minimum atomic E-state index is -4.68. The van der Waals surface area contributed by atoms with Gasteiger partial charge in [-0.15, -0.1) is 13.2 Å². The van der Waals surface area contributed by atoms with Gasteiger partial charge in [-0.05, 0) is 13.1 Å². The summed E-state index contributed by atoms with van der Waals surface area (Å²) >= 11 is 6.83. The Labute approximate surface area is 131 Å². The van der Waals surface area contributed by atoms with E-state index in [0.717, 1.165) is 16.6 Å². The van der Waals surface area contributed by atoms with E-state index in [1.165, 1.54) is 12.1 Å². The van der Waals surface area contributed by atoms with Gasteiger partial charge >= 0.3 is 6.36 Å². The lowest BCUT2D eigenvalue weighted by molar-refractivity contribution is -0.275. The quantitative estimate of drug-likeness (QED) is 0.765. The first-order valence-corrected chi connectivity index (χ1v) is 7.68. The average Bonchev–Trinajstić information content (AvgIpc) is 2.76. The van der Waals surface area contributed by atoms with Crippen LogP contribution in [0.3, 0.4) is 0 Å². The van der Waals surface area contributed by atoms with Crippen LogP contribution in [0.2, 0.25) is 0 Å². The van der Waals surface area contributed by atoms with Gasteiger partial charge in [0.15, 0.2) is 0 Å². The van der Waals surface area contributed by atoms with Crippen LogP contribution < -0.4 is 4.74 Å². The standard InChI is InChI=1S/C13H15F3N2OS2/c1-17(9-18-6-7-21-12(18)20)8-10-4-2-3-5-11(10)19-13(14,15)16/h2-5H,6-9H2,1H3. The number of nitrogens with zero attached hydrogens (tertiary/aromatic N) is 2. The van der Waals surface area contributed by atoms with E-state index >= 15 is 0 Å². The summed E-state index contributed by atoms with van der Waals surface area (Å²) in [5.74, 6) is 0.802. The first-order chi connectivity index (χ1) is 9.85. The van der Waals surface area contributed by atoms with Crippen molar-refractivity contribution in [3.8, 4) is 5.75 Å². The van der Waals surface area contributed by atoms with E-state index in [9.17, 15) is 13.2 Å². The Morgan fingerprint density at radius 2 is 2.10 bits per heavy atom. The van der Waals surface area contributed by atoms with Gasteiger partial charge in [0.05, 0.1) is 6.67 Å². The summed E-state index contributed by atoms with van der Waals surface area (Å²) in [5.41, 5.74) is 0.495. The molecular formula is C13H15F3N2OS2. The Kier molecular flexibility index (Phi) is 5.34. The predicted octanol–water partition coefficient (Wildman–Crippen LogP) is 3.31. The molecule has 1 saturated heterocycles. The van der Waals surface area contributed by atoms with E-state index in [-0.39, 0.29) is 5.75 Å². The molecule has 2 rings (SSSR count). The van der Waals surface area contributed by atoms with E-state index in [0.29, 0.717) is 18.8 Å². The molecule has 21 heavy (non-hydrogen) atoms. The van der Waals surface area contributed by atoms with E-state index in [2.05, 4.69) is 4.74 Å². The summed E-state index contributed by atoms with van der Waals surface area (Å²) in [4.78, 5) is 3.95. The second-order valence-corrected chi connectivity index (χ2v) is 6.42. The number of benzene rings is 1. The maximum Gasteiger partial charge on any atom is 0.573 e. The number of ether oxygens (including phenoxy) is 1. The molecule has 1 aliphatic rings. The van der Waals surface area contributed by atoms with Gasteiger partial charge in [-0.3, -0.25) is 4.90 Å². The zero-order chi connectivity index (χ0) is 15.5. The fourth-order valence-electron chi connectivity index (χ4n) is 2.05. The highest BCUT2D eigenvalue weighted by atomic mass is 32.2. The number of halogens is 3. The third-order valence-electron chi connectivity index (χ3n) is 2.90. The van der Waals surface area contributed by atoms with Gasteiger partial charge in [-0.2, -0.15) is 0 Å². The first-order valence-electron chi connectivity index (χ1n) is 6.29. The van der Waals surface area contributed by atoms with E-state index in [1.54, 1.807) is 23.9 Å². The van der Waals surface area contributed by atoms with Crippen LogP contribution in [0.1, 0.15) is 5.56 Å². The van der Waals surface area contributed by atoms with E-state index in [1.807, 2.05) is 16.8 Å². The van der Waals surface area contributed by atoms with Gasteiger partial charge in [0.1, 0.15) is 10.1 Å². The highest BCUT2D eigenvalue weighted by Gasteiger charge is 2.32. The molecule has 3 nitrogen and oxygen atoms in total. The van der Waals surface area contributed by atoms with Gasteiger partial charge in [-0.25, -0.2) is 0 Å². The van der Waals surface area contributed by atoms with E-state index < -0.39 is 6.36 Å². The van der Waals surface area contributed by atoms with Crippen molar-refractivity contribution in [2.75, 3.05) is 26.0 Å². The maximum absolute atomic E-state index is 12.4. The van der Waals surface area contributed by atoms with Crippen LogP contribution in [0.4, 0.5) is 13.2 Å². The summed E-state index contributed by atoms with van der Waals surface area (Å²) < 4.78 is 42.0. The SMILES string of the molecule is CN(Cc1ccccc1OC(F)(F)F)CN1CCSC1=S. The lowest BCUT2D eigenvalue weighted by Crippen LogP contribution is -2.35. The van der Waals surface area contributed by atoms with Gasteiger partial charge in [0.2, 0.25) is 0 Å². The molecule has 0 spiro atoms. The molecule has 1 aliphatic heterocycles. The second kappa shape index (κ2) is 6.85. The maximum atomic E-state index is 12.4. The highest BCUT2D eigenvalue weighted by molar-refractivity contribution is 8.23. The number of hydrogen-bond acceptors (Lipinski definition) is 4. The third kappa shape index (κ3) is 5.05. The number of thioether (sulfide) groups is 1. The molecule has 0 saturated carbocycles. The zero-order valence-electron chi connectivity index (χ0n) is 11.4. The smallest absolute Gasteiger partial charge is 0.405 e. The molecule has 1 aromatic rings. The monoisotopic (exact) mass is 336 g/mol. The Bertz CT molecular complexity index is 510. The first kappa shape index (κ1) is 16.4. The summed E-state index contributed by atoms with van der Waals surface area (Å²) in [6.07, 6.45) is -4.68. The molecule has 8 heteroatoms. The van der Waals surface area contributed by atoms with Crippen molar-refractivity contribution >= 4 is 28.3 Å². The highest BCUT2D eigenvalue weighted by Crippen LogP contribution is 2.27.